The van der Waals surface area contributed by atoms with Crippen LogP contribution >= 0.6 is 0 Å². The molecule has 0 aliphatic heterocycles. The zero-order chi connectivity index (χ0) is 11.9. The minimum absolute atomic E-state index is 0.647. The molecule has 0 aromatic carbocycles. The lowest BCUT2D eigenvalue weighted by Crippen LogP contribution is -2.37. The zero-order valence-electron chi connectivity index (χ0n) is 11.7. The highest BCUT2D eigenvalue weighted by Crippen LogP contribution is 2.52. The molecule has 1 N–H and O–H groups in total. The zero-order valence-corrected chi connectivity index (χ0v) is 11.7. The molecular weight excluding hydrogens is 206 g/mol. The van der Waals surface area contributed by atoms with Crippen molar-refractivity contribution in [3.8, 4) is 0 Å². The van der Waals surface area contributed by atoms with Crippen LogP contribution in [0.3, 0.4) is 0 Å². The first kappa shape index (κ1) is 12.0. The molecule has 3 saturated carbocycles. The monoisotopic (exact) mass is 235 g/mol. The minimum Gasteiger partial charge on any atom is -0.314 e. The minimum atomic E-state index is 0.647. The maximum atomic E-state index is 3.85. The number of nitrogens with one attached hydrogen (secondary N) is 1. The summed E-state index contributed by atoms with van der Waals surface area (Å²) in [4.78, 5) is 0. The molecule has 3 rings (SSSR count). The topological polar surface area (TPSA) is 12.0 Å². The molecular formula is C16H29N. The van der Waals surface area contributed by atoms with Crippen LogP contribution in [-0.4, -0.2) is 12.6 Å². The number of hydrogen-bond donors (Lipinski definition) is 1. The van der Waals surface area contributed by atoms with Gasteiger partial charge in [0.05, 0.1) is 0 Å². The summed E-state index contributed by atoms with van der Waals surface area (Å²) in [5.41, 5.74) is 1.45. The van der Waals surface area contributed by atoms with Gasteiger partial charge in [0, 0.05) is 6.04 Å². The van der Waals surface area contributed by atoms with Gasteiger partial charge in [0.2, 0.25) is 0 Å². The average molecular weight is 235 g/mol. The summed E-state index contributed by atoms with van der Waals surface area (Å²) in [7, 11) is 0. The van der Waals surface area contributed by atoms with Crippen molar-refractivity contribution < 1.29 is 0 Å². The van der Waals surface area contributed by atoms with Gasteiger partial charge in [0.1, 0.15) is 0 Å². The molecule has 0 amide bonds. The van der Waals surface area contributed by atoms with Gasteiger partial charge in [0.15, 0.2) is 0 Å². The largest absolute Gasteiger partial charge is 0.314 e. The van der Waals surface area contributed by atoms with Crippen molar-refractivity contribution >= 4 is 0 Å². The Morgan fingerprint density at radius 1 is 1.00 bits per heavy atom. The second kappa shape index (κ2) is 4.26. The van der Waals surface area contributed by atoms with E-state index in [2.05, 4.69) is 19.2 Å². The molecule has 0 heterocycles. The third kappa shape index (κ3) is 2.54. The maximum Gasteiger partial charge on any atom is 0.00675 e. The molecule has 0 saturated heterocycles. The van der Waals surface area contributed by atoms with Gasteiger partial charge in [-0.05, 0) is 68.2 Å². The van der Waals surface area contributed by atoms with Crippen LogP contribution in [-0.2, 0) is 0 Å². The molecule has 0 aromatic rings. The van der Waals surface area contributed by atoms with Crippen LogP contribution in [0, 0.1) is 16.7 Å². The van der Waals surface area contributed by atoms with E-state index in [4.69, 9.17) is 0 Å². The molecule has 0 bridgehead atoms. The van der Waals surface area contributed by atoms with Crippen LogP contribution in [0.15, 0.2) is 0 Å². The Bertz CT molecular complexity index is 262. The van der Waals surface area contributed by atoms with Crippen molar-refractivity contribution in [2.24, 2.45) is 16.7 Å². The van der Waals surface area contributed by atoms with E-state index in [9.17, 15) is 0 Å². The first-order chi connectivity index (χ1) is 8.10. The highest BCUT2D eigenvalue weighted by atomic mass is 14.9. The summed E-state index contributed by atoms with van der Waals surface area (Å²) < 4.78 is 0. The first-order valence-electron chi connectivity index (χ1n) is 7.83. The van der Waals surface area contributed by atoms with E-state index in [0.29, 0.717) is 5.41 Å². The Hall–Kier alpha value is -0.0400. The van der Waals surface area contributed by atoms with Gasteiger partial charge in [-0.2, -0.15) is 0 Å². The fraction of sp³-hybridized carbons (Fsp3) is 1.00. The second-order valence-electron chi connectivity index (χ2n) is 7.78. The molecule has 17 heavy (non-hydrogen) atoms. The third-order valence-corrected chi connectivity index (χ3v) is 6.08. The molecule has 0 radical (unpaired) electrons. The highest BCUT2D eigenvalue weighted by molar-refractivity contribution is 4.97. The molecule has 1 unspecified atom stereocenters. The number of rotatable bonds is 3. The average Bonchev–Trinajstić information content (AvgIpc) is 2.73. The molecule has 1 spiro atoms. The molecule has 0 aromatic heterocycles. The Labute approximate surface area is 107 Å². The lowest BCUT2D eigenvalue weighted by Gasteiger charge is -2.37. The fourth-order valence-electron chi connectivity index (χ4n) is 4.29. The Morgan fingerprint density at radius 2 is 1.59 bits per heavy atom. The molecule has 1 nitrogen and oxygen atoms in total. The molecule has 3 aliphatic carbocycles. The maximum absolute atomic E-state index is 3.85. The van der Waals surface area contributed by atoms with E-state index in [0.717, 1.165) is 17.4 Å². The molecule has 1 heteroatoms. The van der Waals surface area contributed by atoms with Crippen molar-refractivity contribution in [3.63, 3.8) is 0 Å². The summed E-state index contributed by atoms with van der Waals surface area (Å²) in [6.45, 7) is 6.10. The molecule has 3 aliphatic rings. The van der Waals surface area contributed by atoms with Crippen LogP contribution in [0.4, 0.5) is 0 Å². The van der Waals surface area contributed by atoms with Crippen molar-refractivity contribution in [1.29, 1.82) is 0 Å². The molecule has 1 atom stereocenters. The van der Waals surface area contributed by atoms with E-state index in [-0.39, 0.29) is 0 Å². The Balaban J connectivity index is 1.40. The summed E-state index contributed by atoms with van der Waals surface area (Å²) in [6, 6.07) is 0.845. The lowest BCUT2D eigenvalue weighted by molar-refractivity contribution is 0.167. The van der Waals surface area contributed by atoms with Crippen molar-refractivity contribution in [2.45, 2.75) is 77.7 Å². The van der Waals surface area contributed by atoms with Gasteiger partial charge in [-0.15, -0.1) is 0 Å². The SMILES string of the molecule is CC1(C)CC1CNC1CCC2(CCCC2)CC1. The van der Waals surface area contributed by atoms with E-state index in [1.54, 1.807) is 0 Å². The van der Waals surface area contributed by atoms with E-state index in [1.165, 1.54) is 64.3 Å². The summed E-state index contributed by atoms with van der Waals surface area (Å²) in [5.74, 6) is 0.963. The smallest absolute Gasteiger partial charge is 0.00675 e. The lowest BCUT2D eigenvalue weighted by atomic mass is 9.71. The molecule has 98 valence electrons. The third-order valence-electron chi connectivity index (χ3n) is 6.08. The summed E-state index contributed by atoms with van der Waals surface area (Å²) in [5, 5.41) is 3.85. The van der Waals surface area contributed by atoms with Crippen LogP contribution < -0.4 is 5.32 Å². The van der Waals surface area contributed by atoms with E-state index < -0.39 is 0 Å². The van der Waals surface area contributed by atoms with Gasteiger partial charge in [0.25, 0.3) is 0 Å². The predicted molar refractivity (Wildman–Crippen MR) is 73.0 cm³/mol. The quantitative estimate of drug-likeness (QED) is 0.775. The molecule has 3 fully saturated rings. The van der Waals surface area contributed by atoms with E-state index in [1.807, 2.05) is 0 Å². The standard InChI is InChI=1S/C16H29N/c1-15(2)11-13(15)12-17-14-5-9-16(10-6-14)7-3-4-8-16/h13-14,17H,3-12H2,1-2H3. The number of hydrogen-bond acceptors (Lipinski definition) is 1. The Morgan fingerprint density at radius 3 is 2.12 bits per heavy atom. The van der Waals surface area contributed by atoms with E-state index >= 15 is 0 Å². The van der Waals surface area contributed by atoms with Crippen molar-refractivity contribution in [2.75, 3.05) is 6.54 Å². The van der Waals surface area contributed by atoms with Gasteiger partial charge in [-0.3, -0.25) is 0 Å². The summed E-state index contributed by atoms with van der Waals surface area (Å²) >= 11 is 0. The van der Waals surface area contributed by atoms with Crippen LogP contribution in [0.2, 0.25) is 0 Å². The Kier molecular flexibility index (Phi) is 3.01. The van der Waals surface area contributed by atoms with Gasteiger partial charge < -0.3 is 5.32 Å². The predicted octanol–water partition coefficient (Wildman–Crippen LogP) is 4.13. The van der Waals surface area contributed by atoms with Crippen LogP contribution in [0.1, 0.15) is 71.6 Å². The van der Waals surface area contributed by atoms with Crippen molar-refractivity contribution in [1.82, 2.24) is 5.32 Å². The van der Waals surface area contributed by atoms with Crippen LogP contribution in [0.5, 0.6) is 0 Å². The van der Waals surface area contributed by atoms with Crippen molar-refractivity contribution in [3.05, 3.63) is 0 Å². The highest BCUT2D eigenvalue weighted by Gasteiger charge is 2.45. The van der Waals surface area contributed by atoms with Gasteiger partial charge in [-0.25, -0.2) is 0 Å². The summed E-state index contributed by atoms with van der Waals surface area (Å²) in [6.07, 6.45) is 13.5. The first-order valence-corrected chi connectivity index (χ1v) is 7.83. The van der Waals surface area contributed by atoms with Crippen LogP contribution in [0.25, 0.3) is 0 Å². The van der Waals surface area contributed by atoms with Gasteiger partial charge >= 0.3 is 0 Å². The fourth-order valence-corrected chi connectivity index (χ4v) is 4.29. The van der Waals surface area contributed by atoms with Gasteiger partial charge in [-0.1, -0.05) is 26.7 Å². The normalized spacial score (nSPS) is 35.3. The second-order valence-corrected chi connectivity index (χ2v) is 7.78.